The molecule has 10 rings (SSSR count). The Bertz CT molecular complexity index is 3000. The molecule has 0 aliphatic rings. The van der Waals surface area contributed by atoms with Crippen LogP contribution in [0.2, 0.25) is 0 Å². The van der Waals surface area contributed by atoms with Gasteiger partial charge in [-0.05, 0) is 129 Å². The third kappa shape index (κ3) is 5.34. The van der Waals surface area contributed by atoms with Gasteiger partial charge in [0, 0.05) is 0 Å². The van der Waals surface area contributed by atoms with E-state index in [9.17, 15) is 0 Å². The fourth-order valence-corrected chi connectivity index (χ4v) is 7.97. The highest BCUT2D eigenvalue weighted by molar-refractivity contribution is 6.22. The molecule has 0 bridgehead atoms. The molecule has 0 spiro atoms. The number of hydrogen-bond donors (Lipinski definition) is 0. The molecule has 10 aromatic rings. The van der Waals surface area contributed by atoms with Crippen LogP contribution in [-0.2, 0) is 0 Å². The lowest BCUT2D eigenvalue weighted by atomic mass is 9.84. The normalized spacial score (nSPS) is 11.8. The molecular weight excluding hydrogens is 625 g/mol. The van der Waals surface area contributed by atoms with Crippen molar-refractivity contribution in [3.63, 3.8) is 0 Å². The summed E-state index contributed by atoms with van der Waals surface area (Å²) in [7, 11) is 0. The predicted molar refractivity (Wildman–Crippen MR) is 226 cm³/mol. The van der Waals surface area contributed by atoms with Gasteiger partial charge in [0.05, 0.1) is 0 Å². The van der Waals surface area contributed by atoms with Crippen LogP contribution in [0.25, 0.3) is 99.4 Å². The highest BCUT2D eigenvalue weighted by Gasteiger charge is 2.18. The minimum atomic E-state index is 1.20. The number of hydrogen-bond acceptors (Lipinski definition) is 0. The Labute approximate surface area is 303 Å². The fraction of sp³-hybridized carbons (Fsp3) is 0. The van der Waals surface area contributed by atoms with Crippen LogP contribution in [0.1, 0.15) is 11.1 Å². The van der Waals surface area contributed by atoms with Crippen LogP contribution < -0.4 is 0 Å². The van der Waals surface area contributed by atoms with Crippen LogP contribution >= 0.6 is 0 Å². The highest BCUT2D eigenvalue weighted by Crippen LogP contribution is 2.46. The summed E-state index contributed by atoms with van der Waals surface area (Å²) >= 11 is 0. The average Bonchev–Trinajstić information content (AvgIpc) is 3.21. The Hall–Kier alpha value is -6.76. The highest BCUT2D eigenvalue weighted by atomic mass is 14.2. The van der Waals surface area contributed by atoms with E-state index in [4.69, 9.17) is 0 Å². The molecule has 0 saturated heterocycles. The quantitative estimate of drug-likeness (QED) is 0.128. The van der Waals surface area contributed by atoms with Gasteiger partial charge in [0.15, 0.2) is 0 Å². The molecule has 0 heteroatoms. The Morgan fingerprint density at radius 3 is 1.35 bits per heavy atom. The Morgan fingerprint density at radius 1 is 0.231 bits per heavy atom. The van der Waals surface area contributed by atoms with Gasteiger partial charge in [-0.25, -0.2) is 0 Å². The Balaban J connectivity index is 1.18. The SMILES string of the molecule is C(=Cc1ccc2cc(-c3ccc4c(-c5ccc6ccccc6c5)c5ccccc5c(-c5ccc6ccccc6c5)c4c3)ccc2c1)c1ccccc1. The van der Waals surface area contributed by atoms with Crippen LogP contribution in [0.3, 0.4) is 0 Å². The van der Waals surface area contributed by atoms with E-state index >= 15 is 0 Å². The van der Waals surface area contributed by atoms with Crippen LogP contribution in [-0.4, -0.2) is 0 Å². The number of benzene rings is 10. The molecule has 10 aromatic carbocycles. The minimum absolute atomic E-state index is 1.20. The third-order valence-corrected chi connectivity index (χ3v) is 10.6. The molecule has 0 amide bonds. The smallest absolute Gasteiger partial charge is 0.00259 e. The summed E-state index contributed by atoms with van der Waals surface area (Å²) in [6, 6.07) is 71.2. The van der Waals surface area contributed by atoms with Gasteiger partial charge in [-0.2, -0.15) is 0 Å². The maximum Gasteiger partial charge on any atom is -0.00259 e. The first-order valence-corrected chi connectivity index (χ1v) is 18.0. The first-order chi connectivity index (χ1) is 25.7. The molecule has 0 unspecified atom stereocenters. The lowest BCUT2D eigenvalue weighted by molar-refractivity contribution is 1.65. The van der Waals surface area contributed by atoms with E-state index in [0.717, 1.165) is 0 Å². The molecule has 0 aromatic heterocycles. The van der Waals surface area contributed by atoms with Crippen molar-refractivity contribution in [1.82, 2.24) is 0 Å². The summed E-state index contributed by atoms with van der Waals surface area (Å²) in [6.45, 7) is 0. The van der Waals surface area contributed by atoms with Crippen LogP contribution in [0.15, 0.2) is 194 Å². The molecule has 242 valence electrons. The van der Waals surface area contributed by atoms with Gasteiger partial charge >= 0.3 is 0 Å². The molecule has 0 aliphatic heterocycles. The maximum atomic E-state index is 2.43. The zero-order chi connectivity index (χ0) is 34.4. The molecular formula is C52H34. The van der Waals surface area contributed by atoms with Crippen molar-refractivity contribution in [2.24, 2.45) is 0 Å². The van der Waals surface area contributed by atoms with E-state index in [-0.39, 0.29) is 0 Å². The standard InChI is InChI=1S/C52H34/c1-2-10-35(11-3-1)18-19-36-20-21-42-31-43(25-24-41(42)30-36)44-28-29-49-50(34-44)52(46-27-23-38-13-5-7-15-40(38)33-46)48-17-9-8-16-47(48)51(49)45-26-22-37-12-4-6-14-39(37)32-45/h1-34H. The molecule has 0 atom stereocenters. The van der Waals surface area contributed by atoms with Crippen molar-refractivity contribution in [1.29, 1.82) is 0 Å². The molecule has 0 saturated carbocycles. The Morgan fingerprint density at radius 2 is 0.654 bits per heavy atom. The van der Waals surface area contributed by atoms with Crippen molar-refractivity contribution in [3.05, 3.63) is 205 Å². The van der Waals surface area contributed by atoms with Gasteiger partial charge in [-0.15, -0.1) is 0 Å². The van der Waals surface area contributed by atoms with Gasteiger partial charge in [0.25, 0.3) is 0 Å². The van der Waals surface area contributed by atoms with Gasteiger partial charge in [-0.3, -0.25) is 0 Å². The second-order valence-corrected chi connectivity index (χ2v) is 13.7. The summed E-state index contributed by atoms with van der Waals surface area (Å²) in [6.07, 6.45) is 4.37. The topological polar surface area (TPSA) is 0 Å². The van der Waals surface area contributed by atoms with E-state index in [0.29, 0.717) is 0 Å². The molecule has 0 N–H and O–H groups in total. The lowest BCUT2D eigenvalue weighted by Gasteiger charge is -2.19. The van der Waals surface area contributed by atoms with Gasteiger partial charge in [0.1, 0.15) is 0 Å². The molecule has 0 radical (unpaired) electrons. The van der Waals surface area contributed by atoms with E-state index < -0.39 is 0 Å². The van der Waals surface area contributed by atoms with E-state index in [1.165, 1.54) is 98.4 Å². The summed E-state index contributed by atoms with van der Waals surface area (Å²) in [5.41, 5.74) is 9.85. The first kappa shape index (κ1) is 30.1. The molecule has 0 fully saturated rings. The summed E-state index contributed by atoms with van der Waals surface area (Å²) < 4.78 is 0. The first-order valence-electron chi connectivity index (χ1n) is 18.0. The van der Waals surface area contributed by atoms with Crippen LogP contribution in [0.5, 0.6) is 0 Å². The third-order valence-electron chi connectivity index (χ3n) is 10.6. The molecule has 0 aliphatic carbocycles. The lowest BCUT2D eigenvalue weighted by Crippen LogP contribution is -1.92. The molecule has 0 nitrogen and oxygen atoms in total. The van der Waals surface area contributed by atoms with Gasteiger partial charge in [-0.1, -0.05) is 176 Å². The second-order valence-electron chi connectivity index (χ2n) is 13.7. The van der Waals surface area contributed by atoms with Crippen molar-refractivity contribution in [2.75, 3.05) is 0 Å². The molecule has 52 heavy (non-hydrogen) atoms. The van der Waals surface area contributed by atoms with Crippen molar-refractivity contribution in [2.45, 2.75) is 0 Å². The minimum Gasteiger partial charge on any atom is -0.0622 e. The summed E-state index contributed by atoms with van der Waals surface area (Å²) in [5.74, 6) is 0. The zero-order valence-electron chi connectivity index (χ0n) is 28.6. The summed E-state index contributed by atoms with van der Waals surface area (Å²) in [5, 5.41) is 12.5. The Kier molecular flexibility index (Phi) is 7.25. The van der Waals surface area contributed by atoms with Gasteiger partial charge in [0.2, 0.25) is 0 Å². The summed E-state index contributed by atoms with van der Waals surface area (Å²) in [4.78, 5) is 0. The monoisotopic (exact) mass is 658 g/mol. The number of rotatable bonds is 5. The predicted octanol–water partition coefficient (Wildman–Crippen LogP) is 14.6. The van der Waals surface area contributed by atoms with Crippen molar-refractivity contribution < 1.29 is 0 Å². The number of fused-ring (bicyclic) bond motifs is 5. The van der Waals surface area contributed by atoms with E-state index in [2.05, 4.69) is 206 Å². The van der Waals surface area contributed by atoms with Crippen molar-refractivity contribution in [3.8, 4) is 33.4 Å². The molecule has 0 heterocycles. The van der Waals surface area contributed by atoms with Crippen molar-refractivity contribution >= 4 is 66.0 Å². The second kappa shape index (κ2) is 12.5. The fourth-order valence-electron chi connectivity index (χ4n) is 7.97. The van der Waals surface area contributed by atoms with Gasteiger partial charge < -0.3 is 0 Å². The van der Waals surface area contributed by atoms with E-state index in [1.54, 1.807) is 0 Å². The zero-order valence-corrected chi connectivity index (χ0v) is 28.6. The van der Waals surface area contributed by atoms with E-state index in [1.807, 2.05) is 0 Å². The van der Waals surface area contributed by atoms with Crippen LogP contribution in [0, 0.1) is 0 Å². The van der Waals surface area contributed by atoms with Crippen LogP contribution in [0.4, 0.5) is 0 Å². The largest absolute Gasteiger partial charge is 0.0622 e. The maximum absolute atomic E-state index is 2.43. The average molecular weight is 659 g/mol.